The van der Waals surface area contributed by atoms with E-state index in [4.69, 9.17) is 0 Å². The molecule has 0 radical (unpaired) electrons. The predicted octanol–water partition coefficient (Wildman–Crippen LogP) is 3.13. The number of aromatic nitrogens is 4. The molecule has 0 spiro atoms. The maximum Gasteiger partial charge on any atom is 0.139 e. The number of nitrogens with zero attached hydrogens (tertiary/aromatic N) is 3. The van der Waals surface area contributed by atoms with Crippen LogP contribution in [0.15, 0.2) is 41.6 Å². The Balaban J connectivity index is 2.13. The van der Waals surface area contributed by atoms with Crippen molar-refractivity contribution in [3.8, 4) is 11.4 Å². The third-order valence-electron chi connectivity index (χ3n) is 2.64. The summed E-state index contributed by atoms with van der Waals surface area (Å²) < 4.78 is 0. The van der Waals surface area contributed by atoms with Gasteiger partial charge in [-0.15, -0.1) is 11.8 Å². The quantitative estimate of drug-likeness (QED) is 0.731. The first-order valence-corrected chi connectivity index (χ1v) is 6.75. The number of rotatable bonds is 3. The van der Waals surface area contributed by atoms with E-state index in [1.54, 1.807) is 12.4 Å². The normalized spacial score (nSPS) is 10.9. The number of hydrogen-bond acceptors (Lipinski definition) is 4. The standard InChI is InChI=1S/C13H12N4S/c1-2-18-12-6-4-3-5-9(12)13-16-10-7-14-15-8-11(10)17-13/h3-8H,2H2,1H3,(H,16,17). The Morgan fingerprint density at radius 1 is 1.17 bits per heavy atom. The van der Waals surface area contributed by atoms with E-state index in [0.29, 0.717) is 0 Å². The predicted molar refractivity (Wildman–Crippen MR) is 73.5 cm³/mol. The Kier molecular flexibility index (Phi) is 2.98. The van der Waals surface area contributed by atoms with E-state index in [0.717, 1.165) is 28.2 Å². The van der Waals surface area contributed by atoms with Crippen LogP contribution in [0.3, 0.4) is 0 Å². The van der Waals surface area contributed by atoms with E-state index in [2.05, 4.69) is 39.2 Å². The van der Waals surface area contributed by atoms with Crippen molar-refractivity contribution in [2.75, 3.05) is 5.75 Å². The molecule has 3 aromatic rings. The van der Waals surface area contributed by atoms with Crippen LogP contribution in [-0.2, 0) is 0 Å². The Morgan fingerprint density at radius 3 is 2.83 bits per heavy atom. The minimum atomic E-state index is 0.844. The summed E-state index contributed by atoms with van der Waals surface area (Å²) in [6.45, 7) is 2.15. The molecule has 0 amide bonds. The van der Waals surface area contributed by atoms with E-state index in [1.165, 1.54) is 4.90 Å². The van der Waals surface area contributed by atoms with Crippen molar-refractivity contribution in [3.63, 3.8) is 0 Å². The SMILES string of the molecule is CCSc1ccccc1-c1nc2cnncc2[nH]1. The molecule has 18 heavy (non-hydrogen) atoms. The molecule has 2 heterocycles. The number of benzene rings is 1. The number of nitrogens with one attached hydrogen (secondary N) is 1. The topological polar surface area (TPSA) is 54.5 Å². The number of imidazole rings is 1. The second kappa shape index (κ2) is 4.78. The molecule has 4 nitrogen and oxygen atoms in total. The first-order valence-electron chi connectivity index (χ1n) is 5.77. The van der Waals surface area contributed by atoms with Crippen molar-refractivity contribution in [1.82, 2.24) is 20.2 Å². The molecule has 3 rings (SSSR count). The number of hydrogen-bond donors (Lipinski definition) is 1. The molecule has 1 aromatic carbocycles. The highest BCUT2D eigenvalue weighted by Gasteiger charge is 2.09. The second-order valence-corrected chi connectivity index (χ2v) is 5.11. The zero-order valence-electron chi connectivity index (χ0n) is 9.92. The summed E-state index contributed by atoms with van der Waals surface area (Å²) >= 11 is 1.82. The van der Waals surface area contributed by atoms with Gasteiger partial charge in [-0.1, -0.05) is 25.1 Å². The molecule has 0 saturated carbocycles. The van der Waals surface area contributed by atoms with Gasteiger partial charge in [-0.05, 0) is 11.8 Å². The molecular weight excluding hydrogens is 244 g/mol. The van der Waals surface area contributed by atoms with Gasteiger partial charge in [-0.2, -0.15) is 10.2 Å². The maximum atomic E-state index is 4.55. The Labute approximate surface area is 109 Å². The van der Waals surface area contributed by atoms with Gasteiger partial charge in [-0.25, -0.2) is 4.98 Å². The summed E-state index contributed by atoms with van der Waals surface area (Å²) in [5.41, 5.74) is 2.88. The Bertz CT molecular complexity index is 644. The summed E-state index contributed by atoms with van der Waals surface area (Å²) in [5, 5.41) is 7.69. The highest BCUT2D eigenvalue weighted by molar-refractivity contribution is 7.99. The lowest BCUT2D eigenvalue weighted by Gasteiger charge is -2.04. The second-order valence-electron chi connectivity index (χ2n) is 3.80. The molecule has 0 bridgehead atoms. The van der Waals surface area contributed by atoms with Gasteiger partial charge in [0.1, 0.15) is 11.3 Å². The molecule has 0 aliphatic rings. The lowest BCUT2D eigenvalue weighted by atomic mass is 10.2. The van der Waals surface area contributed by atoms with E-state index >= 15 is 0 Å². The molecule has 0 aliphatic carbocycles. The molecule has 90 valence electrons. The van der Waals surface area contributed by atoms with Crippen molar-refractivity contribution in [2.45, 2.75) is 11.8 Å². The minimum absolute atomic E-state index is 0.844. The van der Waals surface area contributed by atoms with Crippen LogP contribution in [0, 0.1) is 0 Å². The Hall–Kier alpha value is -1.88. The summed E-state index contributed by atoms with van der Waals surface area (Å²) in [6.07, 6.45) is 3.37. The summed E-state index contributed by atoms with van der Waals surface area (Å²) in [6, 6.07) is 8.27. The van der Waals surface area contributed by atoms with Crippen LogP contribution in [0.5, 0.6) is 0 Å². The van der Waals surface area contributed by atoms with Crippen molar-refractivity contribution in [2.24, 2.45) is 0 Å². The smallest absolute Gasteiger partial charge is 0.139 e. The van der Waals surface area contributed by atoms with Gasteiger partial charge >= 0.3 is 0 Å². The number of fused-ring (bicyclic) bond motifs is 1. The molecule has 0 atom stereocenters. The summed E-state index contributed by atoms with van der Waals surface area (Å²) in [4.78, 5) is 9.07. The van der Waals surface area contributed by atoms with E-state index in [9.17, 15) is 0 Å². The lowest BCUT2D eigenvalue weighted by Crippen LogP contribution is -1.84. The summed E-state index contributed by atoms with van der Waals surface area (Å²) in [5.74, 6) is 1.91. The van der Waals surface area contributed by atoms with Crippen LogP contribution in [0.1, 0.15) is 6.92 Å². The van der Waals surface area contributed by atoms with E-state index in [-0.39, 0.29) is 0 Å². The van der Waals surface area contributed by atoms with Crippen LogP contribution >= 0.6 is 11.8 Å². The van der Waals surface area contributed by atoms with Gasteiger partial charge in [0, 0.05) is 10.5 Å². The van der Waals surface area contributed by atoms with Gasteiger partial charge in [0.2, 0.25) is 0 Å². The van der Waals surface area contributed by atoms with Crippen molar-refractivity contribution in [3.05, 3.63) is 36.7 Å². The van der Waals surface area contributed by atoms with Gasteiger partial charge in [0.15, 0.2) is 0 Å². The van der Waals surface area contributed by atoms with Crippen LogP contribution in [0.25, 0.3) is 22.4 Å². The van der Waals surface area contributed by atoms with Crippen LogP contribution < -0.4 is 0 Å². The summed E-state index contributed by atoms with van der Waals surface area (Å²) in [7, 11) is 0. The molecular formula is C13H12N4S. The zero-order chi connectivity index (χ0) is 12.4. The maximum absolute atomic E-state index is 4.55. The molecule has 1 N–H and O–H groups in total. The van der Waals surface area contributed by atoms with Gasteiger partial charge in [0.25, 0.3) is 0 Å². The average Bonchev–Trinajstić information content (AvgIpc) is 2.83. The lowest BCUT2D eigenvalue weighted by molar-refractivity contribution is 1.05. The fraction of sp³-hybridized carbons (Fsp3) is 0.154. The van der Waals surface area contributed by atoms with Gasteiger partial charge < -0.3 is 4.98 Å². The number of aromatic amines is 1. The molecule has 2 aromatic heterocycles. The molecule has 0 fully saturated rings. The van der Waals surface area contributed by atoms with Crippen molar-refractivity contribution in [1.29, 1.82) is 0 Å². The van der Waals surface area contributed by atoms with Gasteiger partial charge in [-0.3, -0.25) is 0 Å². The third-order valence-corrected chi connectivity index (χ3v) is 3.59. The highest BCUT2D eigenvalue weighted by Crippen LogP contribution is 2.30. The average molecular weight is 256 g/mol. The zero-order valence-corrected chi connectivity index (χ0v) is 10.7. The van der Waals surface area contributed by atoms with Crippen molar-refractivity contribution < 1.29 is 0 Å². The fourth-order valence-electron chi connectivity index (χ4n) is 1.85. The van der Waals surface area contributed by atoms with E-state index in [1.807, 2.05) is 23.9 Å². The first-order chi connectivity index (χ1) is 8.88. The Morgan fingerprint density at radius 2 is 2.00 bits per heavy atom. The number of thioether (sulfide) groups is 1. The minimum Gasteiger partial charge on any atom is -0.337 e. The van der Waals surface area contributed by atoms with Crippen LogP contribution in [0.2, 0.25) is 0 Å². The van der Waals surface area contributed by atoms with Crippen molar-refractivity contribution >= 4 is 22.8 Å². The first kappa shape index (κ1) is 11.2. The third kappa shape index (κ3) is 1.97. The monoisotopic (exact) mass is 256 g/mol. The molecule has 5 heteroatoms. The highest BCUT2D eigenvalue weighted by atomic mass is 32.2. The number of H-pyrrole nitrogens is 1. The van der Waals surface area contributed by atoms with E-state index < -0.39 is 0 Å². The van der Waals surface area contributed by atoms with Crippen LogP contribution in [0.4, 0.5) is 0 Å². The fourth-order valence-corrected chi connectivity index (χ4v) is 2.65. The molecule has 0 unspecified atom stereocenters. The molecule has 0 saturated heterocycles. The largest absolute Gasteiger partial charge is 0.337 e. The van der Waals surface area contributed by atoms with Crippen LogP contribution in [-0.4, -0.2) is 25.9 Å². The van der Waals surface area contributed by atoms with Gasteiger partial charge in [0.05, 0.1) is 17.9 Å². The molecule has 0 aliphatic heterocycles.